The summed E-state index contributed by atoms with van der Waals surface area (Å²) in [5, 5.41) is 11.9. The molecule has 2 aromatic rings. The smallest absolute Gasteiger partial charge is 0.350 e. The van der Waals surface area contributed by atoms with Crippen molar-refractivity contribution in [2.75, 3.05) is 29.9 Å². The number of sulfonamides is 1. The molecule has 0 unspecified atom stereocenters. The van der Waals surface area contributed by atoms with Gasteiger partial charge in [-0.05, 0) is 45.0 Å². The second-order valence-electron chi connectivity index (χ2n) is 6.16. The molecule has 170 valence electrons. The number of esters is 1. The molecule has 0 bridgehead atoms. The molecule has 0 fully saturated rings. The van der Waals surface area contributed by atoms with Crippen LogP contribution < -0.4 is 19.5 Å². The van der Waals surface area contributed by atoms with E-state index in [9.17, 15) is 13.2 Å². The third-order valence-corrected chi connectivity index (χ3v) is 5.35. The van der Waals surface area contributed by atoms with E-state index in [-0.39, 0.29) is 22.8 Å². The fourth-order valence-electron chi connectivity index (χ4n) is 2.60. The maximum absolute atomic E-state index is 13.0. The summed E-state index contributed by atoms with van der Waals surface area (Å²) in [7, 11) is -3.98. The van der Waals surface area contributed by atoms with E-state index in [1.54, 1.807) is 44.2 Å². The van der Waals surface area contributed by atoms with Gasteiger partial charge in [-0.3, -0.25) is 4.72 Å². The Morgan fingerprint density at radius 2 is 1.66 bits per heavy atom. The summed E-state index contributed by atoms with van der Waals surface area (Å²) in [6.07, 6.45) is 1.16. The predicted molar refractivity (Wildman–Crippen MR) is 120 cm³/mol. The Bertz CT molecular complexity index is 1120. The molecule has 2 aromatic carbocycles. The number of anilines is 2. The Hall–Kier alpha value is -3.71. The molecule has 0 heterocycles. The summed E-state index contributed by atoms with van der Waals surface area (Å²) >= 11 is 0. The lowest BCUT2D eigenvalue weighted by Crippen LogP contribution is -2.14. The fraction of sp³-hybridized carbons (Fsp3) is 0.273. The Kier molecular flexibility index (Phi) is 8.92. The fourth-order valence-corrected chi connectivity index (χ4v) is 3.69. The minimum absolute atomic E-state index is 0.0148. The number of carbonyl (C=O) groups is 1. The number of ether oxygens (including phenoxy) is 3. The maximum atomic E-state index is 13.0. The summed E-state index contributed by atoms with van der Waals surface area (Å²) < 4.78 is 44.3. The van der Waals surface area contributed by atoms with Gasteiger partial charge < -0.3 is 19.5 Å². The molecule has 2 rings (SSSR count). The van der Waals surface area contributed by atoms with E-state index in [2.05, 4.69) is 10.0 Å². The van der Waals surface area contributed by atoms with Gasteiger partial charge in [-0.1, -0.05) is 12.1 Å². The Morgan fingerprint density at radius 3 is 2.28 bits per heavy atom. The standard InChI is InChI=1S/C22H25N3O6S/c1-4-29-20-12-11-17(13-21(20)30-5-2)32(27,28)25-19-10-8-7-9-18(19)24-15-16(14-23)22(26)31-6-3/h7-13,15,24-25H,4-6H2,1-3H3/b16-15+. The van der Waals surface area contributed by atoms with Crippen molar-refractivity contribution in [1.82, 2.24) is 0 Å². The average Bonchev–Trinajstić information content (AvgIpc) is 2.76. The Morgan fingerprint density at radius 1 is 1.00 bits per heavy atom. The lowest BCUT2D eigenvalue weighted by atomic mass is 10.2. The van der Waals surface area contributed by atoms with Gasteiger partial charge in [0.05, 0.1) is 36.1 Å². The first-order valence-corrected chi connectivity index (χ1v) is 11.4. The highest BCUT2D eigenvalue weighted by molar-refractivity contribution is 7.92. The lowest BCUT2D eigenvalue weighted by molar-refractivity contribution is -0.138. The van der Waals surface area contributed by atoms with Gasteiger partial charge in [0, 0.05) is 12.3 Å². The maximum Gasteiger partial charge on any atom is 0.350 e. The van der Waals surface area contributed by atoms with Crippen LogP contribution in [0.15, 0.2) is 59.1 Å². The molecule has 0 radical (unpaired) electrons. The number of benzene rings is 2. The van der Waals surface area contributed by atoms with Gasteiger partial charge in [-0.2, -0.15) is 5.26 Å². The normalized spacial score (nSPS) is 11.2. The zero-order valence-corrected chi connectivity index (χ0v) is 18.9. The molecule has 0 atom stereocenters. The first-order valence-electron chi connectivity index (χ1n) is 9.91. The lowest BCUT2D eigenvalue weighted by Gasteiger charge is -2.15. The molecule has 0 saturated carbocycles. The van der Waals surface area contributed by atoms with Crippen molar-refractivity contribution in [1.29, 1.82) is 5.26 Å². The largest absolute Gasteiger partial charge is 0.490 e. The molecule has 0 amide bonds. The van der Waals surface area contributed by atoms with Crippen LogP contribution in [0, 0.1) is 11.3 Å². The van der Waals surface area contributed by atoms with E-state index in [0.717, 1.165) is 6.20 Å². The molecule has 0 aliphatic heterocycles. The zero-order chi connectivity index (χ0) is 23.6. The van der Waals surface area contributed by atoms with E-state index >= 15 is 0 Å². The number of hydrogen-bond acceptors (Lipinski definition) is 8. The van der Waals surface area contributed by atoms with Gasteiger partial charge in [-0.15, -0.1) is 0 Å². The minimum Gasteiger partial charge on any atom is -0.490 e. The summed E-state index contributed by atoms with van der Waals surface area (Å²) in [4.78, 5) is 11.8. The second kappa shape index (κ2) is 11.6. The third-order valence-electron chi connectivity index (χ3n) is 3.98. The van der Waals surface area contributed by atoms with E-state index in [4.69, 9.17) is 19.5 Å². The zero-order valence-electron chi connectivity index (χ0n) is 18.0. The van der Waals surface area contributed by atoms with Crippen LogP contribution in [0.4, 0.5) is 11.4 Å². The molecule has 0 aliphatic rings. The van der Waals surface area contributed by atoms with E-state index in [1.807, 2.05) is 6.92 Å². The van der Waals surface area contributed by atoms with Crippen molar-refractivity contribution in [3.05, 3.63) is 54.2 Å². The molecule has 10 heteroatoms. The number of para-hydroxylation sites is 2. The highest BCUT2D eigenvalue weighted by atomic mass is 32.2. The van der Waals surface area contributed by atoms with Crippen LogP contribution in [-0.4, -0.2) is 34.2 Å². The topological polar surface area (TPSA) is 127 Å². The molecular weight excluding hydrogens is 434 g/mol. The monoisotopic (exact) mass is 459 g/mol. The summed E-state index contributed by atoms with van der Waals surface area (Å²) in [5.74, 6) is -0.0124. The van der Waals surface area contributed by atoms with Crippen LogP contribution in [0.25, 0.3) is 0 Å². The summed E-state index contributed by atoms with van der Waals surface area (Å²) in [6, 6.07) is 12.5. The first-order chi connectivity index (χ1) is 15.4. The third kappa shape index (κ3) is 6.39. The van der Waals surface area contributed by atoms with Crippen LogP contribution in [0.5, 0.6) is 11.5 Å². The van der Waals surface area contributed by atoms with Gasteiger partial charge >= 0.3 is 5.97 Å². The number of rotatable bonds is 11. The van der Waals surface area contributed by atoms with Crippen molar-refractivity contribution >= 4 is 27.4 Å². The molecule has 2 N–H and O–H groups in total. The molecule has 0 saturated heterocycles. The first kappa shape index (κ1) is 24.6. The van der Waals surface area contributed by atoms with Gasteiger partial charge in [0.2, 0.25) is 0 Å². The van der Waals surface area contributed by atoms with Crippen LogP contribution in [-0.2, 0) is 19.6 Å². The SMILES string of the molecule is CCOC(=O)/C(C#N)=C/Nc1ccccc1NS(=O)(=O)c1ccc(OCC)c(OCC)c1. The van der Waals surface area contributed by atoms with Gasteiger partial charge in [-0.25, -0.2) is 13.2 Å². The number of carbonyl (C=O) groups excluding carboxylic acids is 1. The van der Waals surface area contributed by atoms with Crippen molar-refractivity contribution in [3.8, 4) is 17.6 Å². The van der Waals surface area contributed by atoms with Crippen LogP contribution in [0.3, 0.4) is 0 Å². The molecule has 0 spiro atoms. The molecule has 9 nitrogen and oxygen atoms in total. The van der Waals surface area contributed by atoms with Crippen molar-refractivity contribution in [2.45, 2.75) is 25.7 Å². The van der Waals surface area contributed by atoms with Crippen LogP contribution in [0.2, 0.25) is 0 Å². The van der Waals surface area contributed by atoms with Crippen molar-refractivity contribution < 1.29 is 27.4 Å². The van der Waals surface area contributed by atoms with Crippen LogP contribution in [0.1, 0.15) is 20.8 Å². The highest BCUT2D eigenvalue weighted by Gasteiger charge is 2.19. The number of nitriles is 1. The van der Waals surface area contributed by atoms with Crippen molar-refractivity contribution in [2.24, 2.45) is 0 Å². The van der Waals surface area contributed by atoms with Crippen molar-refractivity contribution in [3.63, 3.8) is 0 Å². The molecule has 32 heavy (non-hydrogen) atoms. The molecule has 0 aromatic heterocycles. The number of hydrogen-bond donors (Lipinski definition) is 2. The summed E-state index contributed by atoms with van der Waals surface area (Å²) in [6.45, 7) is 6.12. The Balaban J connectivity index is 2.32. The molecule has 0 aliphatic carbocycles. The quantitative estimate of drug-likeness (QED) is 0.296. The Labute approximate surface area is 187 Å². The second-order valence-corrected chi connectivity index (χ2v) is 7.84. The summed E-state index contributed by atoms with van der Waals surface area (Å²) in [5.41, 5.74) is 0.304. The predicted octanol–water partition coefficient (Wildman–Crippen LogP) is 3.67. The van der Waals surface area contributed by atoms with Gasteiger partial charge in [0.25, 0.3) is 10.0 Å². The number of nitrogens with zero attached hydrogens (tertiary/aromatic N) is 1. The molecular formula is C22H25N3O6S. The van der Waals surface area contributed by atoms with Gasteiger partial charge in [0.15, 0.2) is 17.1 Å². The highest BCUT2D eigenvalue weighted by Crippen LogP contribution is 2.32. The van der Waals surface area contributed by atoms with E-state index < -0.39 is 16.0 Å². The van der Waals surface area contributed by atoms with E-state index in [0.29, 0.717) is 30.4 Å². The van der Waals surface area contributed by atoms with Crippen LogP contribution >= 0.6 is 0 Å². The minimum atomic E-state index is -3.98. The number of nitrogens with one attached hydrogen (secondary N) is 2. The average molecular weight is 460 g/mol. The van der Waals surface area contributed by atoms with Gasteiger partial charge in [0.1, 0.15) is 6.07 Å². The van der Waals surface area contributed by atoms with E-state index in [1.165, 1.54) is 18.2 Å².